The number of pyridine rings is 1. The Morgan fingerprint density at radius 3 is 2.75 bits per heavy atom. The Bertz CT molecular complexity index is 537. The monoisotopic (exact) mass is 275 g/mol. The number of hydrogen-bond donors (Lipinski definition) is 2. The van der Waals surface area contributed by atoms with Gasteiger partial charge in [0.15, 0.2) is 0 Å². The molecule has 0 amide bonds. The first-order chi connectivity index (χ1) is 9.60. The highest BCUT2D eigenvalue weighted by molar-refractivity contribution is 5.49. The second kappa shape index (κ2) is 6.38. The lowest BCUT2D eigenvalue weighted by atomic mass is 10.2. The van der Waals surface area contributed by atoms with Crippen LogP contribution in [-0.4, -0.2) is 40.1 Å². The number of likely N-dealkylation sites (N-methyl/N-ethyl adjacent to an activating group) is 1. The number of nitrogens with one attached hydrogen (secondary N) is 1. The Labute approximate surface area is 119 Å². The van der Waals surface area contributed by atoms with Crippen LogP contribution in [0.2, 0.25) is 0 Å². The quantitative estimate of drug-likeness (QED) is 0.834. The highest BCUT2D eigenvalue weighted by Crippen LogP contribution is 2.19. The van der Waals surface area contributed by atoms with Crippen LogP contribution in [0.25, 0.3) is 0 Å². The predicted molar refractivity (Wildman–Crippen MR) is 79.8 cm³/mol. The average molecular weight is 275 g/mol. The summed E-state index contributed by atoms with van der Waals surface area (Å²) in [6.45, 7) is 2.81. The van der Waals surface area contributed by atoms with Crippen LogP contribution in [0.15, 0.2) is 30.7 Å². The highest BCUT2D eigenvalue weighted by Gasteiger charge is 2.08. The third-order valence-electron chi connectivity index (χ3n) is 3.21. The van der Waals surface area contributed by atoms with Gasteiger partial charge in [-0.15, -0.1) is 0 Å². The number of rotatable bonds is 6. The fraction of sp³-hybridized carbons (Fsp3) is 0.429. The van der Waals surface area contributed by atoms with Crippen LogP contribution >= 0.6 is 0 Å². The maximum absolute atomic E-state index is 8.92. The van der Waals surface area contributed by atoms with Crippen molar-refractivity contribution in [1.29, 1.82) is 0 Å². The molecule has 0 bridgehead atoms. The number of nitrogens with zero attached hydrogens (tertiary/aromatic N) is 4. The molecule has 2 aromatic heterocycles. The van der Waals surface area contributed by atoms with E-state index < -0.39 is 0 Å². The maximum Gasteiger partial charge on any atom is 0.126 e. The standard InChI is InChI=1S/C14H21N5O/c1-11(12-8-16-19(3)10-12)17-14-5-4-13(9-15-14)18(2)6-7-20/h4-5,8-11,20H,6-7H2,1-3H3,(H,15,17). The second-order valence-corrected chi connectivity index (χ2v) is 4.86. The van der Waals surface area contributed by atoms with E-state index in [0.717, 1.165) is 17.1 Å². The van der Waals surface area contributed by atoms with Crippen LogP contribution in [0.5, 0.6) is 0 Å². The van der Waals surface area contributed by atoms with Crippen LogP contribution < -0.4 is 10.2 Å². The minimum Gasteiger partial charge on any atom is -0.395 e. The molecule has 0 saturated carbocycles. The topological polar surface area (TPSA) is 66.2 Å². The summed E-state index contributed by atoms with van der Waals surface area (Å²) < 4.78 is 1.79. The van der Waals surface area contributed by atoms with Gasteiger partial charge in [0.2, 0.25) is 0 Å². The predicted octanol–water partition coefficient (Wildman–Crippen LogP) is 1.42. The van der Waals surface area contributed by atoms with Gasteiger partial charge in [-0.3, -0.25) is 4.68 Å². The lowest BCUT2D eigenvalue weighted by Gasteiger charge is -2.18. The summed E-state index contributed by atoms with van der Waals surface area (Å²) in [7, 11) is 3.83. The van der Waals surface area contributed by atoms with Crippen molar-refractivity contribution in [3.05, 3.63) is 36.3 Å². The molecule has 0 aromatic carbocycles. The van der Waals surface area contributed by atoms with Crippen LogP contribution in [0, 0.1) is 0 Å². The van der Waals surface area contributed by atoms with Gasteiger partial charge >= 0.3 is 0 Å². The lowest BCUT2D eigenvalue weighted by molar-refractivity contribution is 0.304. The van der Waals surface area contributed by atoms with Gasteiger partial charge < -0.3 is 15.3 Å². The number of aliphatic hydroxyl groups excluding tert-OH is 1. The lowest BCUT2D eigenvalue weighted by Crippen LogP contribution is -2.21. The minimum atomic E-state index is 0.133. The first kappa shape index (κ1) is 14.3. The van der Waals surface area contributed by atoms with Gasteiger partial charge in [-0.05, 0) is 19.1 Å². The molecule has 2 heterocycles. The van der Waals surface area contributed by atoms with Crippen molar-refractivity contribution in [2.75, 3.05) is 30.4 Å². The van der Waals surface area contributed by atoms with Crippen LogP contribution in [0.4, 0.5) is 11.5 Å². The van der Waals surface area contributed by atoms with Crippen molar-refractivity contribution in [1.82, 2.24) is 14.8 Å². The second-order valence-electron chi connectivity index (χ2n) is 4.86. The Morgan fingerprint density at radius 1 is 1.40 bits per heavy atom. The van der Waals surface area contributed by atoms with E-state index in [-0.39, 0.29) is 12.6 Å². The molecule has 1 unspecified atom stereocenters. The summed E-state index contributed by atoms with van der Waals surface area (Å²) in [5.74, 6) is 0.822. The van der Waals surface area contributed by atoms with Gasteiger partial charge in [0.05, 0.1) is 30.7 Å². The van der Waals surface area contributed by atoms with Gasteiger partial charge in [-0.2, -0.15) is 5.10 Å². The molecule has 0 radical (unpaired) electrons. The van der Waals surface area contributed by atoms with Crippen LogP contribution in [0.1, 0.15) is 18.5 Å². The van der Waals surface area contributed by atoms with Crippen LogP contribution in [-0.2, 0) is 7.05 Å². The Morgan fingerprint density at radius 2 is 2.20 bits per heavy atom. The van der Waals surface area contributed by atoms with E-state index in [2.05, 4.69) is 22.3 Å². The van der Waals surface area contributed by atoms with Gasteiger partial charge in [0, 0.05) is 32.4 Å². The van der Waals surface area contributed by atoms with Crippen molar-refractivity contribution < 1.29 is 5.11 Å². The van der Waals surface area contributed by atoms with Gasteiger partial charge in [0.25, 0.3) is 0 Å². The average Bonchev–Trinajstić information content (AvgIpc) is 2.86. The van der Waals surface area contributed by atoms with E-state index in [1.54, 1.807) is 10.9 Å². The fourth-order valence-electron chi connectivity index (χ4n) is 1.95. The molecule has 0 aliphatic rings. The largest absolute Gasteiger partial charge is 0.395 e. The molecule has 2 N–H and O–H groups in total. The Kier molecular flexibility index (Phi) is 4.57. The number of aliphatic hydroxyl groups is 1. The highest BCUT2D eigenvalue weighted by atomic mass is 16.3. The Hall–Kier alpha value is -2.08. The van der Waals surface area contributed by atoms with Crippen molar-refractivity contribution in [2.45, 2.75) is 13.0 Å². The van der Waals surface area contributed by atoms with Crippen molar-refractivity contribution in [3.63, 3.8) is 0 Å². The molecule has 108 valence electrons. The summed E-state index contributed by atoms with van der Waals surface area (Å²) in [5.41, 5.74) is 2.11. The van der Waals surface area contributed by atoms with E-state index in [0.29, 0.717) is 6.54 Å². The number of aromatic nitrogens is 3. The van der Waals surface area contributed by atoms with E-state index in [9.17, 15) is 0 Å². The van der Waals surface area contributed by atoms with Crippen molar-refractivity contribution in [2.24, 2.45) is 7.05 Å². The molecule has 0 aliphatic carbocycles. The molecule has 0 fully saturated rings. The third-order valence-corrected chi connectivity index (χ3v) is 3.21. The van der Waals surface area contributed by atoms with Crippen LogP contribution in [0.3, 0.4) is 0 Å². The first-order valence-corrected chi connectivity index (χ1v) is 6.63. The molecule has 0 spiro atoms. The molecule has 2 rings (SSSR count). The molecule has 6 heteroatoms. The normalized spacial score (nSPS) is 12.2. The molecule has 20 heavy (non-hydrogen) atoms. The minimum absolute atomic E-state index is 0.133. The van der Waals surface area contributed by atoms with E-state index in [1.165, 1.54) is 0 Å². The number of hydrogen-bond acceptors (Lipinski definition) is 5. The van der Waals surface area contributed by atoms with E-state index in [1.807, 2.05) is 43.5 Å². The summed E-state index contributed by atoms with van der Waals surface area (Å²) in [4.78, 5) is 6.35. The van der Waals surface area contributed by atoms with Gasteiger partial charge in [0.1, 0.15) is 5.82 Å². The van der Waals surface area contributed by atoms with Gasteiger partial charge in [-0.25, -0.2) is 4.98 Å². The smallest absolute Gasteiger partial charge is 0.126 e. The molecule has 0 saturated heterocycles. The number of anilines is 2. The zero-order valence-corrected chi connectivity index (χ0v) is 12.1. The molecule has 0 aliphatic heterocycles. The Balaban J connectivity index is 2.00. The zero-order valence-electron chi connectivity index (χ0n) is 12.1. The molecule has 6 nitrogen and oxygen atoms in total. The summed E-state index contributed by atoms with van der Waals surface area (Å²) in [6, 6.07) is 4.08. The third kappa shape index (κ3) is 3.48. The maximum atomic E-state index is 8.92. The summed E-state index contributed by atoms with van der Waals surface area (Å²) in [6.07, 6.45) is 5.64. The molecular weight excluding hydrogens is 254 g/mol. The molecule has 2 aromatic rings. The summed E-state index contributed by atoms with van der Waals surface area (Å²) in [5, 5.41) is 16.4. The first-order valence-electron chi connectivity index (χ1n) is 6.63. The van der Waals surface area contributed by atoms with Crippen molar-refractivity contribution >= 4 is 11.5 Å². The molecular formula is C14H21N5O. The molecule has 1 atom stereocenters. The van der Waals surface area contributed by atoms with E-state index in [4.69, 9.17) is 5.11 Å². The van der Waals surface area contributed by atoms with E-state index >= 15 is 0 Å². The number of aryl methyl sites for hydroxylation is 1. The zero-order chi connectivity index (χ0) is 14.5. The van der Waals surface area contributed by atoms with Crippen molar-refractivity contribution in [3.8, 4) is 0 Å². The SMILES string of the molecule is CC(Nc1ccc(N(C)CCO)cn1)c1cnn(C)c1. The summed E-state index contributed by atoms with van der Waals surface area (Å²) >= 11 is 0. The fourth-order valence-corrected chi connectivity index (χ4v) is 1.95. The van der Waals surface area contributed by atoms with Gasteiger partial charge in [-0.1, -0.05) is 0 Å².